The second-order valence-corrected chi connectivity index (χ2v) is 5.06. The highest BCUT2D eigenvalue weighted by Crippen LogP contribution is 2.30. The van der Waals surface area contributed by atoms with Crippen molar-refractivity contribution in [3.05, 3.63) is 45.9 Å². The zero-order valence-corrected chi connectivity index (χ0v) is 9.92. The van der Waals surface area contributed by atoms with E-state index in [1.165, 1.54) is 0 Å². The fraction of sp³-hybridized carbons (Fsp3) is 0.0769. The van der Waals surface area contributed by atoms with Crippen LogP contribution < -0.4 is 11.1 Å². The van der Waals surface area contributed by atoms with Crippen LogP contribution in [-0.4, -0.2) is 4.98 Å². The standard InChI is InChI=1S/C13H11N3S/c14-8-2-1-3-10-12(6-8)17-13-7-9(15)4-5-11(13)16-10/h1,3-7,15H,2,14H2. The molecule has 1 heterocycles. The molecule has 0 aromatic rings. The molecule has 2 aliphatic carbocycles. The largest absolute Gasteiger partial charge is 0.402 e. The molecule has 0 amide bonds. The molecule has 0 unspecified atom stereocenters. The van der Waals surface area contributed by atoms with Crippen molar-refractivity contribution in [3.63, 3.8) is 0 Å². The Morgan fingerprint density at radius 3 is 3.12 bits per heavy atom. The van der Waals surface area contributed by atoms with E-state index in [0.29, 0.717) is 5.36 Å². The van der Waals surface area contributed by atoms with Crippen LogP contribution in [0.3, 0.4) is 0 Å². The van der Waals surface area contributed by atoms with E-state index in [1.807, 2.05) is 30.4 Å². The third-order valence-electron chi connectivity index (χ3n) is 2.62. The summed E-state index contributed by atoms with van der Waals surface area (Å²) in [6.07, 6.45) is 6.78. The molecule has 0 saturated carbocycles. The van der Waals surface area contributed by atoms with Crippen molar-refractivity contribution in [1.82, 2.24) is 4.98 Å². The number of hydrogen-bond acceptors (Lipinski definition) is 4. The molecule has 0 spiro atoms. The first-order valence-corrected chi connectivity index (χ1v) is 6.16. The molecule has 0 aromatic heterocycles. The highest BCUT2D eigenvalue weighted by Gasteiger charge is 2.10. The van der Waals surface area contributed by atoms with Crippen molar-refractivity contribution in [2.24, 2.45) is 5.73 Å². The Balaban J connectivity index is 2.33. The molecule has 1 aliphatic heterocycles. The summed E-state index contributed by atoms with van der Waals surface area (Å²) in [7, 11) is 0. The predicted molar refractivity (Wildman–Crippen MR) is 70.4 cm³/mol. The number of nitrogens with two attached hydrogens (primary N) is 1. The first kappa shape index (κ1) is 10.2. The molecule has 3 nitrogen and oxygen atoms in total. The number of nitrogens with zero attached hydrogens (tertiary/aromatic N) is 1. The SMILES string of the molecule is N=c1ccc2nc3c(sc-2c1)C=C(N)CC=C3. The molecule has 3 N–H and O–H groups in total. The number of aromatic nitrogens is 1. The van der Waals surface area contributed by atoms with Gasteiger partial charge in [0.15, 0.2) is 0 Å². The Bertz CT molecular complexity index is 667. The van der Waals surface area contributed by atoms with E-state index in [4.69, 9.17) is 11.1 Å². The molecule has 0 bridgehead atoms. The van der Waals surface area contributed by atoms with Crippen molar-refractivity contribution in [1.29, 1.82) is 5.41 Å². The average Bonchev–Trinajstić information content (AvgIpc) is 2.46. The van der Waals surface area contributed by atoms with Gasteiger partial charge in [-0.1, -0.05) is 6.08 Å². The molecule has 3 aliphatic rings. The monoisotopic (exact) mass is 241 g/mol. The van der Waals surface area contributed by atoms with E-state index in [0.717, 1.165) is 33.3 Å². The summed E-state index contributed by atoms with van der Waals surface area (Å²) in [5.41, 5.74) is 8.61. The van der Waals surface area contributed by atoms with E-state index in [-0.39, 0.29) is 0 Å². The number of fused-ring (bicyclic) bond motifs is 2. The third-order valence-corrected chi connectivity index (χ3v) is 3.71. The molecule has 0 atom stereocenters. The second kappa shape index (κ2) is 3.82. The fourth-order valence-electron chi connectivity index (χ4n) is 1.80. The van der Waals surface area contributed by atoms with Gasteiger partial charge in [-0.05, 0) is 30.4 Å². The van der Waals surface area contributed by atoms with Crippen LogP contribution in [0.5, 0.6) is 0 Å². The molecule has 0 aromatic carbocycles. The number of benzene rings is 1. The van der Waals surface area contributed by atoms with Crippen molar-refractivity contribution < 1.29 is 0 Å². The summed E-state index contributed by atoms with van der Waals surface area (Å²) >= 11 is 1.63. The first-order chi connectivity index (χ1) is 8.22. The topological polar surface area (TPSA) is 62.8 Å². The molecular formula is C13H11N3S. The van der Waals surface area contributed by atoms with Gasteiger partial charge in [-0.2, -0.15) is 0 Å². The van der Waals surface area contributed by atoms with Gasteiger partial charge in [-0.25, -0.2) is 4.98 Å². The minimum atomic E-state index is 0.511. The maximum atomic E-state index is 7.62. The quantitative estimate of drug-likeness (QED) is 0.744. The third kappa shape index (κ3) is 1.87. The lowest BCUT2D eigenvalue weighted by Gasteiger charge is -2.07. The van der Waals surface area contributed by atoms with Crippen molar-refractivity contribution in [2.75, 3.05) is 0 Å². The van der Waals surface area contributed by atoms with Gasteiger partial charge in [0, 0.05) is 12.1 Å². The molecule has 0 fully saturated rings. The van der Waals surface area contributed by atoms with Gasteiger partial charge in [0.25, 0.3) is 0 Å². The summed E-state index contributed by atoms with van der Waals surface area (Å²) in [4.78, 5) is 6.68. The second-order valence-electron chi connectivity index (χ2n) is 3.97. The normalized spacial score (nSPS) is 14.2. The Labute approximate surface area is 103 Å². The van der Waals surface area contributed by atoms with E-state index >= 15 is 0 Å². The molecular weight excluding hydrogens is 230 g/mol. The highest BCUT2D eigenvalue weighted by atomic mass is 32.1. The van der Waals surface area contributed by atoms with Crippen molar-refractivity contribution >= 4 is 23.5 Å². The lowest BCUT2D eigenvalue weighted by Crippen LogP contribution is -2.00. The van der Waals surface area contributed by atoms with Crippen molar-refractivity contribution in [2.45, 2.75) is 6.42 Å². The Morgan fingerprint density at radius 2 is 2.24 bits per heavy atom. The summed E-state index contributed by atoms with van der Waals surface area (Å²) < 4.78 is 0. The van der Waals surface area contributed by atoms with Crippen LogP contribution in [-0.2, 0) is 0 Å². The summed E-state index contributed by atoms with van der Waals surface area (Å²) in [6.45, 7) is 0. The first-order valence-electron chi connectivity index (χ1n) is 5.34. The molecule has 4 heteroatoms. The van der Waals surface area contributed by atoms with Gasteiger partial charge < -0.3 is 11.1 Å². The number of hydrogen-bond donors (Lipinski definition) is 2. The Morgan fingerprint density at radius 1 is 1.35 bits per heavy atom. The Kier molecular flexibility index (Phi) is 2.30. The number of nitrogens with one attached hydrogen (secondary N) is 1. The molecule has 3 rings (SSSR count). The average molecular weight is 241 g/mol. The molecule has 17 heavy (non-hydrogen) atoms. The van der Waals surface area contributed by atoms with E-state index < -0.39 is 0 Å². The van der Waals surface area contributed by atoms with Crippen LogP contribution in [0.2, 0.25) is 0 Å². The lowest BCUT2D eigenvalue weighted by atomic mass is 10.2. The summed E-state index contributed by atoms with van der Waals surface area (Å²) in [6, 6.07) is 5.49. The highest BCUT2D eigenvalue weighted by molar-refractivity contribution is 7.16. The number of allylic oxidation sites excluding steroid dienone is 1. The van der Waals surface area contributed by atoms with Gasteiger partial charge in [-0.3, -0.25) is 0 Å². The van der Waals surface area contributed by atoms with Gasteiger partial charge in [-0.15, -0.1) is 11.3 Å². The van der Waals surface area contributed by atoms with Crippen LogP contribution in [0.25, 0.3) is 22.7 Å². The van der Waals surface area contributed by atoms with Crippen LogP contribution in [0.4, 0.5) is 0 Å². The maximum Gasteiger partial charge on any atom is 0.0811 e. The van der Waals surface area contributed by atoms with Crippen LogP contribution >= 0.6 is 11.3 Å². The molecule has 84 valence electrons. The minimum Gasteiger partial charge on any atom is -0.402 e. The van der Waals surface area contributed by atoms with E-state index in [1.54, 1.807) is 17.4 Å². The van der Waals surface area contributed by atoms with E-state index in [9.17, 15) is 0 Å². The van der Waals surface area contributed by atoms with Gasteiger partial charge in [0.05, 0.1) is 26.5 Å². The Hall–Kier alpha value is -1.94. The maximum absolute atomic E-state index is 7.62. The fourth-order valence-corrected chi connectivity index (χ4v) is 2.87. The smallest absolute Gasteiger partial charge is 0.0811 e. The minimum absolute atomic E-state index is 0.511. The van der Waals surface area contributed by atoms with Crippen LogP contribution in [0.1, 0.15) is 17.0 Å². The number of rotatable bonds is 0. The van der Waals surface area contributed by atoms with Gasteiger partial charge in [0.1, 0.15) is 0 Å². The van der Waals surface area contributed by atoms with Crippen molar-refractivity contribution in [3.8, 4) is 10.6 Å². The van der Waals surface area contributed by atoms with Gasteiger partial charge in [0.2, 0.25) is 0 Å². The molecule has 0 saturated heterocycles. The lowest BCUT2D eigenvalue weighted by molar-refractivity contribution is 1.20. The van der Waals surface area contributed by atoms with E-state index in [2.05, 4.69) is 4.98 Å². The van der Waals surface area contributed by atoms with Gasteiger partial charge >= 0.3 is 0 Å². The summed E-state index contributed by atoms with van der Waals surface area (Å²) in [5.74, 6) is 0. The predicted octanol–water partition coefficient (Wildman–Crippen LogP) is 2.44. The zero-order valence-electron chi connectivity index (χ0n) is 9.10. The van der Waals surface area contributed by atoms with Crippen LogP contribution in [0.15, 0.2) is 30.0 Å². The van der Waals surface area contributed by atoms with Crippen LogP contribution in [0, 0.1) is 5.41 Å². The molecule has 0 radical (unpaired) electrons. The summed E-state index contributed by atoms with van der Waals surface area (Å²) in [5, 5.41) is 8.14. The zero-order chi connectivity index (χ0) is 11.8.